The van der Waals surface area contributed by atoms with Gasteiger partial charge in [-0.2, -0.15) is 10.2 Å². The number of likely N-dealkylation sites (tertiary alicyclic amines) is 1. The molecule has 2 aromatic heterocycles. The molecule has 3 heterocycles. The molecule has 0 aliphatic carbocycles. The van der Waals surface area contributed by atoms with Crippen molar-refractivity contribution in [3.05, 3.63) is 34.9 Å². The summed E-state index contributed by atoms with van der Waals surface area (Å²) < 4.78 is 1.65. The fourth-order valence-electron chi connectivity index (χ4n) is 3.54. The molecular weight excluding hydrogens is 306 g/mol. The van der Waals surface area contributed by atoms with Crippen molar-refractivity contribution in [3.63, 3.8) is 0 Å². The predicted molar refractivity (Wildman–Crippen MR) is 88.8 cm³/mol. The third kappa shape index (κ3) is 3.11. The lowest BCUT2D eigenvalue weighted by Gasteiger charge is -2.32. The van der Waals surface area contributed by atoms with E-state index < -0.39 is 0 Å². The van der Waals surface area contributed by atoms with E-state index in [4.69, 9.17) is 0 Å². The van der Waals surface area contributed by atoms with E-state index in [1.165, 1.54) is 6.92 Å². The minimum absolute atomic E-state index is 0.0130. The SMILES string of the molecule is CC(=O)c1c(C)nn(CC(=O)N2CCCC(c3ccn[nH]3)C2)c1C. The van der Waals surface area contributed by atoms with Crippen LogP contribution in [0.4, 0.5) is 0 Å². The van der Waals surface area contributed by atoms with Crippen LogP contribution in [0.3, 0.4) is 0 Å². The molecule has 24 heavy (non-hydrogen) atoms. The largest absolute Gasteiger partial charge is 0.340 e. The minimum Gasteiger partial charge on any atom is -0.340 e. The molecule has 1 atom stereocenters. The Kier molecular flexibility index (Phi) is 4.51. The molecule has 0 spiro atoms. The maximum atomic E-state index is 12.7. The topological polar surface area (TPSA) is 83.9 Å². The standard InChI is InChI=1S/C17H23N5O2/c1-11-17(13(3)23)12(2)22(20-11)10-16(24)21-8-4-5-14(9-21)15-6-7-18-19-15/h6-7,14H,4-5,8-10H2,1-3H3,(H,18,19). The van der Waals surface area contributed by atoms with Gasteiger partial charge in [0.15, 0.2) is 5.78 Å². The van der Waals surface area contributed by atoms with Gasteiger partial charge in [-0.15, -0.1) is 0 Å². The molecule has 2 aromatic rings. The quantitative estimate of drug-likeness (QED) is 0.867. The zero-order valence-electron chi connectivity index (χ0n) is 14.4. The normalized spacial score (nSPS) is 18.0. The fraction of sp³-hybridized carbons (Fsp3) is 0.529. The van der Waals surface area contributed by atoms with E-state index in [2.05, 4.69) is 15.3 Å². The van der Waals surface area contributed by atoms with Crippen LogP contribution in [0.1, 0.15) is 53.1 Å². The average molecular weight is 329 g/mol. The van der Waals surface area contributed by atoms with Crippen LogP contribution in [0, 0.1) is 13.8 Å². The first kappa shape index (κ1) is 16.4. The van der Waals surface area contributed by atoms with Gasteiger partial charge in [-0.05, 0) is 39.7 Å². The molecule has 3 rings (SSSR count). The van der Waals surface area contributed by atoms with Gasteiger partial charge in [0, 0.05) is 36.6 Å². The molecule has 7 heteroatoms. The number of nitrogens with zero attached hydrogens (tertiary/aromatic N) is 4. The maximum absolute atomic E-state index is 12.7. The number of amides is 1. The third-order valence-corrected chi connectivity index (χ3v) is 4.75. The molecule has 1 amide bonds. The summed E-state index contributed by atoms with van der Waals surface area (Å²) in [5, 5.41) is 11.4. The summed E-state index contributed by atoms with van der Waals surface area (Å²) in [5.41, 5.74) is 3.14. The van der Waals surface area contributed by atoms with Crippen LogP contribution < -0.4 is 0 Å². The molecule has 128 valence electrons. The molecule has 0 radical (unpaired) electrons. The van der Waals surface area contributed by atoms with Gasteiger partial charge >= 0.3 is 0 Å². The van der Waals surface area contributed by atoms with Gasteiger partial charge in [0.1, 0.15) is 6.54 Å². The van der Waals surface area contributed by atoms with Crippen LogP contribution in [0.2, 0.25) is 0 Å². The highest BCUT2D eigenvalue weighted by Crippen LogP contribution is 2.25. The lowest BCUT2D eigenvalue weighted by Crippen LogP contribution is -2.41. The van der Waals surface area contributed by atoms with Crippen molar-refractivity contribution in [1.29, 1.82) is 0 Å². The van der Waals surface area contributed by atoms with E-state index in [0.717, 1.165) is 30.8 Å². The number of hydrogen-bond acceptors (Lipinski definition) is 4. The summed E-state index contributed by atoms with van der Waals surface area (Å²) in [5.74, 6) is 0.333. The van der Waals surface area contributed by atoms with Gasteiger partial charge in [-0.25, -0.2) is 0 Å². The number of carbonyl (C=O) groups excluding carboxylic acids is 2. The summed E-state index contributed by atoms with van der Waals surface area (Å²) in [6, 6.07) is 1.97. The molecule has 0 bridgehead atoms. The van der Waals surface area contributed by atoms with Gasteiger partial charge in [-0.1, -0.05) is 0 Å². The van der Waals surface area contributed by atoms with Crippen molar-refractivity contribution in [2.24, 2.45) is 0 Å². The first-order valence-electron chi connectivity index (χ1n) is 8.29. The monoisotopic (exact) mass is 329 g/mol. The number of hydrogen-bond donors (Lipinski definition) is 1. The van der Waals surface area contributed by atoms with Crippen molar-refractivity contribution < 1.29 is 9.59 Å². The van der Waals surface area contributed by atoms with E-state index in [-0.39, 0.29) is 18.2 Å². The van der Waals surface area contributed by atoms with Crippen LogP contribution in [-0.4, -0.2) is 49.7 Å². The Labute approximate surface area is 141 Å². The number of Topliss-reactive ketones (excluding diaryl/α,β-unsaturated/α-hetero) is 1. The number of piperidine rings is 1. The highest BCUT2D eigenvalue weighted by atomic mass is 16.2. The Morgan fingerprint density at radius 2 is 2.17 bits per heavy atom. The van der Waals surface area contributed by atoms with E-state index >= 15 is 0 Å². The number of aryl methyl sites for hydroxylation is 1. The van der Waals surface area contributed by atoms with Gasteiger partial charge in [0.25, 0.3) is 0 Å². The first-order chi connectivity index (χ1) is 11.5. The van der Waals surface area contributed by atoms with E-state index in [1.807, 2.05) is 17.9 Å². The second kappa shape index (κ2) is 6.59. The van der Waals surface area contributed by atoms with Crippen LogP contribution in [0.25, 0.3) is 0 Å². The Balaban J connectivity index is 1.71. The molecule has 0 saturated carbocycles. The van der Waals surface area contributed by atoms with Gasteiger partial charge in [0.2, 0.25) is 5.91 Å². The van der Waals surface area contributed by atoms with Crippen LogP contribution in [-0.2, 0) is 11.3 Å². The number of aromatic amines is 1. The molecule has 0 aromatic carbocycles. The van der Waals surface area contributed by atoms with Gasteiger partial charge in [-0.3, -0.25) is 19.4 Å². The summed E-state index contributed by atoms with van der Waals surface area (Å²) in [4.78, 5) is 26.3. The Bertz CT molecular complexity index is 747. The van der Waals surface area contributed by atoms with Crippen molar-refractivity contribution in [2.75, 3.05) is 13.1 Å². The highest BCUT2D eigenvalue weighted by Gasteiger charge is 2.26. The Morgan fingerprint density at radius 1 is 1.38 bits per heavy atom. The van der Waals surface area contributed by atoms with E-state index in [1.54, 1.807) is 17.8 Å². The molecule has 1 unspecified atom stereocenters. The molecular formula is C17H23N5O2. The maximum Gasteiger partial charge on any atom is 0.244 e. The number of rotatable bonds is 4. The molecule has 1 aliphatic rings. The molecule has 1 saturated heterocycles. The Hall–Kier alpha value is -2.44. The second-order valence-electron chi connectivity index (χ2n) is 6.45. The third-order valence-electron chi connectivity index (χ3n) is 4.75. The van der Waals surface area contributed by atoms with Crippen molar-refractivity contribution >= 4 is 11.7 Å². The number of nitrogens with one attached hydrogen (secondary N) is 1. The zero-order chi connectivity index (χ0) is 17.3. The summed E-state index contributed by atoms with van der Waals surface area (Å²) >= 11 is 0. The van der Waals surface area contributed by atoms with Crippen molar-refractivity contribution in [2.45, 2.75) is 46.1 Å². The second-order valence-corrected chi connectivity index (χ2v) is 6.45. The van der Waals surface area contributed by atoms with Crippen molar-refractivity contribution in [1.82, 2.24) is 24.9 Å². The smallest absolute Gasteiger partial charge is 0.244 e. The van der Waals surface area contributed by atoms with E-state index in [0.29, 0.717) is 23.7 Å². The lowest BCUT2D eigenvalue weighted by atomic mass is 9.95. The number of aromatic nitrogens is 4. The molecule has 1 aliphatic heterocycles. The average Bonchev–Trinajstić information content (AvgIpc) is 3.16. The van der Waals surface area contributed by atoms with E-state index in [9.17, 15) is 9.59 Å². The van der Waals surface area contributed by atoms with Crippen molar-refractivity contribution in [3.8, 4) is 0 Å². The van der Waals surface area contributed by atoms with Gasteiger partial charge in [0.05, 0.1) is 11.3 Å². The summed E-state index contributed by atoms with van der Waals surface area (Å²) in [7, 11) is 0. The molecule has 7 nitrogen and oxygen atoms in total. The zero-order valence-corrected chi connectivity index (χ0v) is 14.4. The summed E-state index contributed by atoms with van der Waals surface area (Å²) in [6.07, 6.45) is 3.78. The lowest BCUT2D eigenvalue weighted by molar-refractivity contribution is -0.133. The highest BCUT2D eigenvalue weighted by molar-refractivity contribution is 5.96. The Morgan fingerprint density at radius 3 is 2.79 bits per heavy atom. The first-order valence-corrected chi connectivity index (χ1v) is 8.29. The minimum atomic E-state index is -0.0130. The van der Waals surface area contributed by atoms with Gasteiger partial charge < -0.3 is 4.90 Å². The summed E-state index contributed by atoms with van der Waals surface area (Å²) in [6.45, 7) is 6.81. The fourth-order valence-corrected chi connectivity index (χ4v) is 3.54. The van der Waals surface area contributed by atoms with Crippen LogP contribution in [0.15, 0.2) is 12.3 Å². The number of carbonyl (C=O) groups is 2. The predicted octanol–water partition coefficient (Wildman–Crippen LogP) is 1.83. The number of ketones is 1. The van der Waals surface area contributed by atoms with Crippen LogP contribution >= 0.6 is 0 Å². The number of H-pyrrole nitrogens is 1. The molecule has 1 fully saturated rings. The van der Waals surface area contributed by atoms with Crippen LogP contribution in [0.5, 0.6) is 0 Å². The molecule has 1 N–H and O–H groups in total.